The van der Waals surface area contributed by atoms with Crippen LogP contribution in [0.25, 0.3) is 0 Å². The van der Waals surface area contributed by atoms with E-state index in [4.69, 9.17) is 9.47 Å². The van der Waals surface area contributed by atoms with Gasteiger partial charge in [0.1, 0.15) is 11.3 Å². The number of ether oxygens (including phenoxy) is 2. The number of benzene rings is 1. The van der Waals surface area contributed by atoms with Gasteiger partial charge in [-0.2, -0.15) is 13.2 Å². The molecule has 1 atom stereocenters. The molecule has 1 heterocycles. The van der Waals surface area contributed by atoms with Gasteiger partial charge in [-0.05, 0) is 55.9 Å². The van der Waals surface area contributed by atoms with E-state index >= 15 is 0 Å². The van der Waals surface area contributed by atoms with Gasteiger partial charge in [0.2, 0.25) is 0 Å². The highest BCUT2D eigenvalue weighted by Gasteiger charge is 2.38. The summed E-state index contributed by atoms with van der Waals surface area (Å²) in [7, 11) is 0. The van der Waals surface area contributed by atoms with Gasteiger partial charge in [0.05, 0.1) is 19.3 Å². The summed E-state index contributed by atoms with van der Waals surface area (Å²) in [6, 6.07) is 3.12. The Kier molecular flexibility index (Phi) is 6.94. The Hall–Kier alpha value is -1.49. The predicted molar refractivity (Wildman–Crippen MR) is 92.9 cm³/mol. The van der Waals surface area contributed by atoms with Crippen LogP contribution < -0.4 is 4.74 Å². The van der Waals surface area contributed by atoms with Gasteiger partial charge in [0.15, 0.2) is 0 Å². The number of hydrogen-bond donors (Lipinski definition) is 0. The molecule has 5 heteroatoms. The molecule has 2 nitrogen and oxygen atoms in total. The molecule has 1 aliphatic heterocycles. The Labute approximate surface area is 148 Å². The average molecular weight is 356 g/mol. The Morgan fingerprint density at radius 3 is 2.52 bits per heavy atom. The monoisotopic (exact) mass is 356 g/mol. The zero-order valence-corrected chi connectivity index (χ0v) is 15.2. The predicted octanol–water partition coefficient (Wildman–Crippen LogP) is 6.38. The van der Waals surface area contributed by atoms with Crippen molar-refractivity contribution in [3.05, 3.63) is 40.5 Å². The molecule has 1 aromatic rings. The van der Waals surface area contributed by atoms with Crippen LogP contribution in [0.2, 0.25) is 0 Å². The third-order valence-electron chi connectivity index (χ3n) is 4.59. The van der Waals surface area contributed by atoms with Crippen LogP contribution in [-0.4, -0.2) is 13.2 Å². The molecule has 2 rings (SSSR count). The van der Waals surface area contributed by atoms with Crippen molar-refractivity contribution in [3.63, 3.8) is 0 Å². The molecule has 0 radical (unpaired) electrons. The summed E-state index contributed by atoms with van der Waals surface area (Å²) in [4.78, 5) is 0. The van der Waals surface area contributed by atoms with E-state index in [0.29, 0.717) is 18.6 Å². The molecule has 0 bridgehead atoms. The lowest BCUT2D eigenvalue weighted by molar-refractivity contribution is -0.139. The van der Waals surface area contributed by atoms with Crippen molar-refractivity contribution in [2.75, 3.05) is 13.2 Å². The average Bonchev–Trinajstić information content (AvgIpc) is 2.55. The second-order valence-corrected chi connectivity index (χ2v) is 6.44. The van der Waals surface area contributed by atoms with Crippen LogP contribution in [-0.2, 0) is 10.9 Å². The number of unbranched alkanes of at least 4 members (excludes halogenated alkanes) is 2. The summed E-state index contributed by atoms with van der Waals surface area (Å²) < 4.78 is 51.5. The molecular formula is C20H27F3O2. The molecule has 140 valence electrons. The van der Waals surface area contributed by atoms with Gasteiger partial charge in [0, 0.05) is 0 Å². The van der Waals surface area contributed by atoms with Crippen molar-refractivity contribution in [2.24, 2.45) is 0 Å². The summed E-state index contributed by atoms with van der Waals surface area (Å²) in [5, 5.41) is 0. The molecule has 0 aliphatic carbocycles. The number of halogens is 3. The zero-order valence-electron chi connectivity index (χ0n) is 15.2. The molecule has 0 spiro atoms. The maximum Gasteiger partial charge on any atom is 0.420 e. The molecule has 25 heavy (non-hydrogen) atoms. The summed E-state index contributed by atoms with van der Waals surface area (Å²) in [5.74, 6) is -0.108. The van der Waals surface area contributed by atoms with Crippen LogP contribution in [0.3, 0.4) is 0 Å². The number of hydrogen-bond acceptors (Lipinski definition) is 2. The van der Waals surface area contributed by atoms with Gasteiger partial charge < -0.3 is 9.47 Å². The summed E-state index contributed by atoms with van der Waals surface area (Å²) in [6.07, 6.45) is 2.48. The Balaban J connectivity index is 2.21. The highest BCUT2D eigenvalue weighted by atomic mass is 19.4. The van der Waals surface area contributed by atoms with Crippen molar-refractivity contribution in [3.8, 4) is 5.75 Å². The first kappa shape index (κ1) is 19.8. The van der Waals surface area contributed by atoms with Gasteiger partial charge in [-0.3, -0.25) is 0 Å². The largest absolute Gasteiger partial charge is 0.493 e. The maximum atomic E-state index is 13.5. The minimum Gasteiger partial charge on any atom is -0.493 e. The molecule has 1 aromatic carbocycles. The third-order valence-corrected chi connectivity index (χ3v) is 4.59. The van der Waals surface area contributed by atoms with Gasteiger partial charge in [0.25, 0.3) is 0 Å². The van der Waals surface area contributed by atoms with E-state index in [0.717, 1.165) is 12.8 Å². The number of rotatable bonds is 7. The van der Waals surface area contributed by atoms with Crippen LogP contribution in [0.5, 0.6) is 5.75 Å². The van der Waals surface area contributed by atoms with Crippen LogP contribution >= 0.6 is 0 Å². The first-order chi connectivity index (χ1) is 11.9. The van der Waals surface area contributed by atoms with E-state index in [9.17, 15) is 13.2 Å². The first-order valence-electron chi connectivity index (χ1n) is 9.01. The van der Waals surface area contributed by atoms with Crippen LogP contribution in [0.15, 0.2) is 23.8 Å². The summed E-state index contributed by atoms with van der Waals surface area (Å²) in [5.41, 5.74) is 1.36. The van der Waals surface area contributed by atoms with E-state index in [1.54, 1.807) is 13.0 Å². The molecule has 1 aliphatic rings. The fraction of sp³-hybridized carbons (Fsp3) is 0.600. The zero-order chi connectivity index (χ0) is 18.4. The highest BCUT2D eigenvalue weighted by molar-refractivity contribution is 5.47. The van der Waals surface area contributed by atoms with Crippen LogP contribution in [0.4, 0.5) is 13.2 Å². The van der Waals surface area contributed by atoms with Crippen molar-refractivity contribution < 1.29 is 22.6 Å². The molecule has 0 saturated carbocycles. The van der Waals surface area contributed by atoms with Gasteiger partial charge in [-0.25, -0.2) is 0 Å². The first-order valence-corrected chi connectivity index (χ1v) is 9.01. The molecule has 0 fully saturated rings. The van der Waals surface area contributed by atoms with Gasteiger partial charge in [-0.1, -0.05) is 31.9 Å². The van der Waals surface area contributed by atoms with E-state index in [-0.39, 0.29) is 24.0 Å². The molecule has 0 saturated heterocycles. The van der Waals surface area contributed by atoms with E-state index in [1.165, 1.54) is 31.4 Å². The van der Waals surface area contributed by atoms with Crippen molar-refractivity contribution in [2.45, 2.75) is 65.2 Å². The van der Waals surface area contributed by atoms with E-state index in [1.807, 2.05) is 0 Å². The van der Waals surface area contributed by atoms with Gasteiger partial charge in [-0.15, -0.1) is 0 Å². The number of alkyl halides is 3. The van der Waals surface area contributed by atoms with Crippen LogP contribution in [0.1, 0.15) is 68.7 Å². The molecule has 0 aromatic heterocycles. The van der Waals surface area contributed by atoms with Crippen molar-refractivity contribution >= 4 is 0 Å². The minimum atomic E-state index is -4.44. The van der Waals surface area contributed by atoms with Gasteiger partial charge >= 0.3 is 6.18 Å². The topological polar surface area (TPSA) is 18.5 Å². The lowest BCUT2D eigenvalue weighted by atomic mass is 9.93. The molecule has 0 N–H and O–H groups in total. The second-order valence-electron chi connectivity index (χ2n) is 6.44. The summed E-state index contributed by atoms with van der Waals surface area (Å²) >= 11 is 0. The lowest BCUT2D eigenvalue weighted by Crippen LogP contribution is -2.17. The standard InChI is InChI=1S/C20H27F3O2/c1-4-6-7-8-15-9-11-17(25-13-15)16-10-12-18(24-5-2)19(14(16)3)20(21,22)23/h9-10,12,17H,4-8,11,13H2,1-3H3. The SMILES string of the molecule is CCCCCC1=CCC(c2ccc(OCC)c(C(F)(F)F)c2C)OC1. The smallest absolute Gasteiger partial charge is 0.420 e. The molecule has 1 unspecified atom stereocenters. The van der Waals surface area contributed by atoms with E-state index in [2.05, 4.69) is 13.0 Å². The Bertz CT molecular complexity index is 606. The van der Waals surface area contributed by atoms with Crippen LogP contribution in [0, 0.1) is 6.92 Å². The van der Waals surface area contributed by atoms with Crippen molar-refractivity contribution in [1.29, 1.82) is 0 Å². The van der Waals surface area contributed by atoms with E-state index < -0.39 is 11.7 Å². The Morgan fingerprint density at radius 1 is 1.20 bits per heavy atom. The van der Waals surface area contributed by atoms with Crippen molar-refractivity contribution in [1.82, 2.24) is 0 Å². The highest BCUT2D eigenvalue weighted by Crippen LogP contribution is 2.42. The second kappa shape index (κ2) is 8.75. The fourth-order valence-electron chi connectivity index (χ4n) is 3.28. The normalized spacial score (nSPS) is 18.2. The Morgan fingerprint density at radius 2 is 1.96 bits per heavy atom. The molecule has 0 amide bonds. The third kappa shape index (κ3) is 5.00. The maximum absolute atomic E-state index is 13.5. The quantitative estimate of drug-likeness (QED) is 0.417. The molecular weight excluding hydrogens is 329 g/mol. The minimum absolute atomic E-state index is 0.108. The lowest BCUT2D eigenvalue weighted by Gasteiger charge is -2.27. The fourth-order valence-corrected chi connectivity index (χ4v) is 3.28. The summed E-state index contributed by atoms with van der Waals surface area (Å²) in [6.45, 7) is 6.05.